The van der Waals surface area contributed by atoms with E-state index in [-0.39, 0.29) is 5.91 Å². The largest absolute Gasteiger partial charge is 0.497 e. The summed E-state index contributed by atoms with van der Waals surface area (Å²) >= 11 is 0. The molecule has 2 aromatic carbocycles. The van der Waals surface area contributed by atoms with Crippen LogP contribution in [0.3, 0.4) is 0 Å². The van der Waals surface area contributed by atoms with E-state index in [9.17, 15) is 4.79 Å². The van der Waals surface area contributed by atoms with E-state index < -0.39 is 0 Å². The lowest BCUT2D eigenvalue weighted by molar-refractivity contribution is 0.102. The first-order chi connectivity index (χ1) is 9.11. The van der Waals surface area contributed by atoms with Crippen LogP contribution >= 0.6 is 0 Å². The number of amides is 1. The van der Waals surface area contributed by atoms with E-state index in [0.717, 1.165) is 5.56 Å². The minimum absolute atomic E-state index is 0.171. The lowest BCUT2D eigenvalue weighted by atomic mass is 10.1. The Morgan fingerprint density at radius 2 is 1.95 bits per heavy atom. The van der Waals surface area contributed by atoms with Gasteiger partial charge in [-0.25, -0.2) is 0 Å². The van der Waals surface area contributed by atoms with Crippen molar-refractivity contribution in [3.8, 4) is 5.75 Å². The van der Waals surface area contributed by atoms with Crippen molar-refractivity contribution in [2.45, 2.75) is 6.92 Å². The Kier molecular flexibility index (Phi) is 3.71. The number of anilines is 2. The van der Waals surface area contributed by atoms with Crippen LogP contribution in [0.2, 0.25) is 0 Å². The monoisotopic (exact) mass is 256 g/mol. The van der Waals surface area contributed by atoms with Gasteiger partial charge in [0.2, 0.25) is 0 Å². The van der Waals surface area contributed by atoms with Gasteiger partial charge in [-0.3, -0.25) is 4.79 Å². The molecule has 0 aromatic heterocycles. The SMILES string of the molecule is COc1ccc(NC(=O)c2ccccc2C)c(N)c1. The molecule has 0 saturated carbocycles. The van der Waals surface area contributed by atoms with Crippen LogP contribution in [0.15, 0.2) is 42.5 Å². The average molecular weight is 256 g/mol. The molecule has 1 amide bonds. The van der Waals surface area contributed by atoms with Crippen LogP contribution in [0.25, 0.3) is 0 Å². The highest BCUT2D eigenvalue weighted by molar-refractivity contribution is 6.06. The number of nitrogens with one attached hydrogen (secondary N) is 1. The number of carbonyl (C=O) groups excluding carboxylic acids is 1. The number of benzene rings is 2. The van der Waals surface area contributed by atoms with Crippen molar-refractivity contribution >= 4 is 17.3 Å². The van der Waals surface area contributed by atoms with E-state index in [1.165, 1.54) is 0 Å². The number of hydrogen-bond donors (Lipinski definition) is 2. The summed E-state index contributed by atoms with van der Waals surface area (Å²) in [5.41, 5.74) is 8.48. The molecule has 4 nitrogen and oxygen atoms in total. The Labute approximate surface area is 112 Å². The Hall–Kier alpha value is -2.49. The van der Waals surface area contributed by atoms with Crippen LogP contribution in [-0.4, -0.2) is 13.0 Å². The van der Waals surface area contributed by atoms with Crippen molar-refractivity contribution in [2.75, 3.05) is 18.2 Å². The molecule has 0 aliphatic carbocycles. The summed E-state index contributed by atoms with van der Waals surface area (Å²) in [4.78, 5) is 12.1. The third-order valence-corrected chi connectivity index (χ3v) is 2.90. The van der Waals surface area contributed by atoms with E-state index in [1.54, 1.807) is 31.4 Å². The number of nitrogen functional groups attached to an aromatic ring is 1. The molecule has 4 heteroatoms. The minimum Gasteiger partial charge on any atom is -0.497 e. The quantitative estimate of drug-likeness (QED) is 0.830. The summed E-state index contributed by atoms with van der Waals surface area (Å²) in [5.74, 6) is 0.487. The van der Waals surface area contributed by atoms with E-state index in [2.05, 4.69) is 5.32 Å². The van der Waals surface area contributed by atoms with Crippen molar-refractivity contribution in [3.05, 3.63) is 53.6 Å². The number of carbonyl (C=O) groups is 1. The van der Waals surface area contributed by atoms with Crippen molar-refractivity contribution in [1.29, 1.82) is 0 Å². The third-order valence-electron chi connectivity index (χ3n) is 2.90. The zero-order valence-electron chi connectivity index (χ0n) is 10.9. The summed E-state index contributed by atoms with van der Waals surface area (Å²) < 4.78 is 5.07. The standard InChI is InChI=1S/C15H16N2O2/c1-10-5-3-4-6-12(10)15(18)17-14-8-7-11(19-2)9-13(14)16/h3-9H,16H2,1-2H3,(H,17,18). The van der Waals surface area contributed by atoms with Gasteiger partial charge in [-0.1, -0.05) is 18.2 Å². The maximum Gasteiger partial charge on any atom is 0.255 e. The van der Waals surface area contributed by atoms with Gasteiger partial charge in [-0.2, -0.15) is 0 Å². The molecule has 0 fully saturated rings. The van der Waals surface area contributed by atoms with Crippen molar-refractivity contribution in [3.63, 3.8) is 0 Å². The molecule has 19 heavy (non-hydrogen) atoms. The smallest absolute Gasteiger partial charge is 0.255 e. The summed E-state index contributed by atoms with van der Waals surface area (Å²) in [6, 6.07) is 12.6. The van der Waals surface area contributed by atoms with Crippen LogP contribution in [0, 0.1) is 6.92 Å². The van der Waals surface area contributed by atoms with E-state index in [1.807, 2.05) is 25.1 Å². The predicted molar refractivity (Wildman–Crippen MR) is 76.5 cm³/mol. The highest BCUT2D eigenvalue weighted by Gasteiger charge is 2.10. The number of aryl methyl sites for hydroxylation is 1. The number of nitrogens with two attached hydrogens (primary N) is 1. The Morgan fingerprint density at radius 3 is 2.58 bits per heavy atom. The van der Waals surface area contributed by atoms with E-state index >= 15 is 0 Å². The Balaban J connectivity index is 2.22. The molecule has 2 aromatic rings. The topological polar surface area (TPSA) is 64.3 Å². The molecule has 0 unspecified atom stereocenters. The predicted octanol–water partition coefficient (Wildman–Crippen LogP) is 2.84. The number of ether oxygens (including phenoxy) is 1. The normalized spacial score (nSPS) is 10.0. The summed E-state index contributed by atoms with van der Waals surface area (Å²) in [6.07, 6.45) is 0. The van der Waals surface area contributed by atoms with E-state index in [0.29, 0.717) is 22.7 Å². The van der Waals surface area contributed by atoms with Crippen LogP contribution in [0.1, 0.15) is 15.9 Å². The molecule has 98 valence electrons. The van der Waals surface area contributed by atoms with Crippen LogP contribution in [0.4, 0.5) is 11.4 Å². The van der Waals surface area contributed by atoms with Crippen LogP contribution < -0.4 is 15.8 Å². The third kappa shape index (κ3) is 2.85. The first-order valence-electron chi connectivity index (χ1n) is 5.92. The summed E-state index contributed by atoms with van der Waals surface area (Å²) in [6.45, 7) is 1.90. The zero-order chi connectivity index (χ0) is 13.8. The first-order valence-corrected chi connectivity index (χ1v) is 5.92. The fourth-order valence-electron chi connectivity index (χ4n) is 1.80. The molecule has 0 aliphatic heterocycles. The second kappa shape index (κ2) is 5.44. The summed E-state index contributed by atoms with van der Waals surface area (Å²) in [5, 5.41) is 2.80. The highest BCUT2D eigenvalue weighted by atomic mass is 16.5. The molecule has 3 N–H and O–H groups in total. The van der Waals surface area contributed by atoms with Gasteiger partial charge in [-0.15, -0.1) is 0 Å². The highest BCUT2D eigenvalue weighted by Crippen LogP contribution is 2.24. The van der Waals surface area contributed by atoms with Crippen molar-refractivity contribution in [1.82, 2.24) is 0 Å². The summed E-state index contributed by atoms with van der Waals surface area (Å²) in [7, 11) is 1.57. The van der Waals surface area contributed by atoms with Gasteiger partial charge >= 0.3 is 0 Å². The van der Waals surface area contributed by atoms with Crippen LogP contribution in [-0.2, 0) is 0 Å². The average Bonchev–Trinajstić information content (AvgIpc) is 2.41. The number of rotatable bonds is 3. The van der Waals surface area contributed by atoms with Crippen molar-refractivity contribution < 1.29 is 9.53 Å². The first kappa shape index (κ1) is 13.0. The molecule has 0 atom stereocenters. The number of methoxy groups -OCH3 is 1. The fourth-order valence-corrected chi connectivity index (χ4v) is 1.80. The number of hydrogen-bond acceptors (Lipinski definition) is 3. The molecule has 2 rings (SSSR count). The Bertz CT molecular complexity index is 609. The van der Waals surface area contributed by atoms with Gasteiger partial charge in [0.15, 0.2) is 0 Å². The van der Waals surface area contributed by atoms with Gasteiger partial charge in [-0.05, 0) is 30.7 Å². The maximum absolute atomic E-state index is 12.1. The van der Waals surface area contributed by atoms with Gasteiger partial charge in [0.05, 0.1) is 18.5 Å². The molecular weight excluding hydrogens is 240 g/mol. The molecule has 0 radical (unpaired) electrons. The van der Waals surface area contributed by atoms with E-state index in [4.69, 9.17) is 10.5 Å². The lowest BCUT2D eigenvalue weighted by Crippen LogP contribution is -2.14. The second-order valence-electron chi connectivity index (χ2n) is 4.22. The second-order valence-corrected chi connectivity index (χ2v) is 4.22. The van der Waals surface area contributed by atoms with Gasteiger partial charge in [0.1, 0.15) is 5.75 Å². The van der Waals surface area contributed by atoms with Crippen molar-refractivity contribution in [2.24, 2.45) is 0 Å². The lowest BCUT2D eigenvalue weighted by Gasteiger charge is -2.10. The molecule has 0 spiro atoms. The van der Waals surface area contributed by atoms with Gasteiger partial charge in [0.25, 0.3) is 5.91 Å². The molecule has 0 heterocycles. The van der Waals surface area contributed by atoms with Gasteiger partial charge < -0.3 is 15.8 Å². The van der Waals surface area contributed by atoms with Gasteiger partial charge in [0, 0.05) is 11.6 Å². The molecular formula is C15H16N2O2. The minimum atomic E-state index is -0.171. The molecule has 0 bridgehead atoms. The Morgan fingerprint density at radius 1 is 1.21 bits per heavy atom. The fraction of sp³-hybridized carbons (Fsp3) is 0.133. The molecule has 0 aliphatic rings. The zero-order valence-corrected chi connectivity index (χ0v) is 10.9. The maximum atomic E-state index is 12.1. The molecule has 0 saturated heterocycles. The van der Waals surface area contributed by atoms with Crippen LogP contribution in [0.5, 0.6) is 5.75 Å².